The Kier molecular flexibility index (Phi) is 4.94. The van der Waals surface area contributed by atoms with Crippen LogP contribution in [0.25, 0.3) is 0 Å². The smallest absolute Gasteiger partial charge is 0.272 e. The molecular formula is C16H19ClN4OS. The standard InChI is InChI=1S/C16H18N4OS.ClH/c21-16(15-11-9-17-7-5-13(11)19-20-15)18-12-6-8-22-14-4-2-1-3-10(12)14;/h1-4,12,17H,5-9H2,(H,18,21)(H,19,20);1H. The number of aromatic amines is 1. The molecule has 0 aliphatic carbocycles. The van der Waals surface area contributed by atoms with Gasteiger partial charge in [0.1, 0.15) is 0 Å². The second-order valence-electron chi connectivity index (χ2n) is 5.66. The Bertz CT molecular complexity index is 718. The van der Waals surface area contributed by atoms with E-state index in [-0.39, 0.29) is 24.4 Å². The van der Waals surface area contributed by atoms with Gasteiger partial charge in [-0.05, 0) is 18.1 Å². The number of hydrogen-bond donors (Lipinski definition) is 3. The molecule has 1 atom stereocenters. The van der Waals surface area contributed by atoms with Crippen LogP contribution in [0.4, 0.5) is 0 Å². The third-order valence-corrected chi connectivity index (χ3v) is 5.41. The number of nitrogens with zero attached hydrogens (tertiary/aromatic N) is 1. The molecule has 0 radical (unpaired) electrons. The van der Waals surface area contributed by atoms with Crippen molar-refractivity contribution in [1.29, 1.82) is 0 Å². The third kappa shape index (κ3) is 3.11. The molecule has 2 aliphatic heterocycles. The Morgan fingerprint density at radius 3 is 3.13 bits per heavy atom. The molecule has 7 heteroatoms. The van der Waals surface area contributed by atoms with Gasteiger partial charge in [-0.15, -0.1) is 24.2 Å². The first-order chi connectivity index (χ1) is 10.8. The number of hydrogen-bond acceptors (Lipinski definition) is 4. The maximum Gasteiger partial charge on any atom is 0.272 e. The van der Waals surface area contributed by atoms with Crippen LogP contribution in [0.3, 0.4) is 0 Å². The molecule has 0 bridgehead atoms. The summed E-state index contributed by atoms with van der Waals surface area (Å²) in [6.07, 6.45) is 1.86. The van der Waals surface area contributed by atoms with Crippen molar-refractivity contribution in [3.05, 3.63) is 46.8 Å². The van der Waals surface area contributed by atoms with Crippen LogP contribution in [0.2, 0.25) is 0 Å². The van der Waals surface area contributed by atoms with Gasteiger partial charge >= 0.3 is 0 Å². The number of amides is 1. The fourth-order valence-corrected chi connectivity index (χ4v) is 4.26. The van der Waals surface area contributed by atoms with Gasteiger partial charge in [0, 0.05) is 41.4 Å². The number of rotatable bonds is 2. The van der Waals surface area contributed by atoms with Crippen LogP contribution in [0, 0.1) is 0 Å². The highest BCUT2D eigenvalue weighted by atomic mass is 35.5. The summed E-state index contributed by atoms with van der Waals surface area (Å²) in [5.74, 6) is 0.954. The summed E-state index contributed by atoms with van der Waals surface area (Å²) in [7, 11) is 0. The summed E-state index contributed by atoms with van der Waals surface area (Å²) in [5.41, 5.74) is 3.86. The molecule has 1 amide bonds. The van der Waals surface area contributed by atoms with Gasteiger partial charge < -0.3 is 10.6 Å². The highest BCUT2D eigenvalue weighted by Gasteiger charge is 2.26. The molecule has 0 spiro atoms. The lowest BCUT2D eigenvalue weighted by Crippen LogP contribution is -2.32. The highest BCUT2D eigenvalue weighted by molar-refractivity contribution is 7.99. The first-order valence-corrected chi connectivity index (χ1v) is 8.61. The van der Waals surface area contributed by atoms with E-state index >= 15 is 0 Å². The number of fused-ring (bicyclic) bond motifs is 2. The Balaban J connectivity index is 0.00000156. The van der Waals surface area contributed by atoms with E-state index in [2.05, 4.69) is 33.0 Å². The molecule has 3 N–H and O–H groups in total. The summed E-state index contributed by atoms with van der Waals surface area (Å²) in [5, 5.41) is 13.7. The van der Waals surface area contributed by atoms with Crippen LogP contribution in [0.1, 0.15) is 39.8 Å². The summed E-state index contributed by atoms with van der Waals surface area (Å²) in [6.45, 7) is 1.65. The van der Waals surface area contributed by atoms with Crippen LogP contribution in [0.5, 0.6) is 0 Å². The normalized spacial score (nSPS) is 19.2. The van der Waals surface area contributed by atoms with E-state index in [9.17, 15) is 4.79 Å². The minimum Gasteiger partial charge on any atom is -0.344 e. The molecule has 1 aromatic heterocycles. The number of aromatic nitrogens is 2. The number of thioether (sulfide) groups is 1. The predicted octanol–water partition coefficient (Wildman–Crippen LogP) is 2.44. The fourth-order valence-electron chi connectivity index (χ4n) is 3.13. The van der Waals surface area contributed by atoms with Crippen molar-refractivity contribution in [3.63, 3.8) is 0 Å². The minimum absolute atomic E-state index is 0. The molecule has 0 saturated carbocycles. The Labute approximate surface area is 145 Å². The van der Waals surface area contributed by atoms with Crippen LogP contribution in [-0.2, 0) is 13.0 Å². The molecule has 4 rings (SSSR count). The molecule has 1 aromatic carbocycles. The van der Waals surface area contributed by atoms with E-state index in [4.69, 9.17) is 0 Å². The molecule has 5 nitrogen and oxygen atoms in total. The first-order valence-electron chi connectivity index (χ1n) is 7.62. The number of halogens is 1. The zero-order chi connectivity index (χ0) is 14.9. The van der Waals surface area contributed by atoms with Crippen molar-refractivity contribution in [3.8, 4) is 0 Å². The first kappa shape index (κ1) is 16.4. The van der Waals surface area contributed by atoms with Gasteiger partial charge in [0.25, 0.3) is 5.91 Å². The lowest BCUT2D eigenvalue weighted by Gasteiger charge is -2.25. The van der Waals surface area contributed by atoms with Crippen LogP contribution in [0.15, 0.2) is 29.2 Å². The van der Waals surface area contributed by atoms with Crippen LogP contribution >= 0.6 is 24.2 Å². The Hall–Kier alpha value is -1.50. The topological polar surface area (TPSA) is 69.8 Å². The second kappa shape index (κ2) is 6.95. The monoisotopic (exact) mass is 350 g/mol. The summed E-state index contributed by atoms with van der Waals surface area (Å²) < 4.78 is 0. The van der Waals surface area contributed by atoms with E-state index in [1.165, 1.54) is 10.5 Å². The average molecular weight is 351 g/mol. The van der Waals surface area contributed by atoms with Gasteiger partial charge in [0.05, 0.1) is 6.04 Å². The molecule has 23 heavy (non-hydrogen) atoms. The van der Waals surface area contributed by atoms with Gasteiger partial charge in [-0.3, -0.25) is 9.89 Å². The quantitative estimate of drug-likeness (QED) is 0.778. The van der Waals surface area contributed by atoms with Gasteiger partial charge in [0.2, 0.25) is 0 Å². The highest BCUT2D eigenvalue weighted by Crippen LogP contribution is 2.36. The molecule has 0 fully saturated rings. The van der Waals surface area contributed by atoms with E-state index in [0.717, 1.165) is 36.4 Å². The maximum absolute atomic E-state index is 12.6. The van der Waals surface area contributed by atoms with Gasteiger partial charge in [-0.1, -0.05) is 18.2 Å². The van der Waals surface area contributed by atoms with Crippen molar-refractivity contribution >= 4 is 30.1 Å². The molecule has 2 aromatic rings. The van der Waals surface area contributed by atoms with E-state index in [1.54, 1.807) is 0 Å². The van der Waals surface area contributed by atoms with E-state index in [1.807, 2.05) is 23.9 Å². The molecule has 3 heterocycles. The molecule has 122 valence electrons. The number of benzene rings is 1. The predicted molar refractivity (Wildman–Crippen MR) is 93.2 cm³/mol. The number of H-pyrrole nitrogens is 1. The molecular weight excluding hydrogens is 332 g/mol. The van der Waals surface area contributed by atoms with Crippen molar-refractivity contribution in [2.75, 3.05) is 12.3 Å². The van der Waals surface area contributed by atoms with Gasteiger partial charge in [-0.2, -0.15) is 5.10 Å². The van der Waals surface area contributed by atoms with Gasteiger partial charge in [-0.25, -0.2) is 0 Å². The number of carbonyl (C=O) groups excluding carboxylic acids is 1. The maximum atomic E-state index is 12.6. The van der Waals surface area contributed by atoms with Crippen molar-refractivity contribution in [2.45, 2.75) is 30.3 Å². The van der Waals surface area contributed by atoms with Crippen molar-refractivity contribution < 1.29 is 4.79 Å². The van der Waals surface area contributed by atoms with Crippen molar-refractivity contribution in [1.82, 2.24) is 20.8 Å². The van der Waals surface area contributed by atoms with E-state index < -0.39 is 0 Å². The zero-order valence-electron chi connectivity index (χ0n) is 12.6. The summed E-state index contributed by atoms with van der Waals surface area (Å²) in [6, 6.07) is 8.39. The Morgan fingerprint density at radius 1 is 1.35 bits per heavy atom. The van der Waals surface area contributed by atoms with Crippen LogP contribution < -0.4 is 10.6 Å². The minimum atomic E-state index is -0.0760. The lowest BCUT2D eigenvalue weighted by atomic mass is 10.0. The summed E-state index contributed by atoms with van der Waals surface area (Å²) >= 11 is 1.86. The average Bonchev–Trinajstić information content (AvgIpc) is 2.99. The molecule has 0 saturated heterocycles. The van der Waals surface area contributed by atoms with E-state index in [0.29, 0.717) is 12.2 Å². The largest absolute Gasteiger partial charge is 0.344 e. The number of carbonyl (C=O) groups is 1. The zero-order valence-corrected chi connectivity index (χ0v) is 14.2. The lowest BCUT2D eigenvalue weighted by molar-refractivity contribution is 0.0928. The fraction of sp³-hybridized carbons (Fsp3) is 0.375. The third-order valence-electron chi connectivity index (χ3n) is 4.29. The Morgan fingerprint density at radius 2 is 2.22 bits per heavy atom. The number of nitrogens with one attached hydrogen (secondary N) is 3. The van der Waals surface area contributed by atoms with Gasteiger partial charge in [0.15, 0.2) is 5.69 Å². The second-order valence-corrected chi connectivity index (χ2v) is 6.79. The SMILES string of the molecule is Cl.O=C(NC1CCSc2ccccc21)c1n[nH]c2c1CNCC2. The molecule has 2 aliphatic rings. The van der Waals surface area contributed by atoms with Crippen molar-refractivity contribution in [2.24, 2.45) is 0 Å². The van der Waals surface area contributed by atoms with Crippen LogP contribution in [-0.4, -0.2) is 28.4 Å². The molecule has 1 unspecified atom stereocenters. The summed E-state index contributed by atoms with van der Waals surface area (Å²) in [4.78, 5) is 13.9.